The molecule has 3 nitrogen and oxygen atoms in total. The Morgan fingerprint density at radius 1 is 1.29 bits per heavy atom. The molecule has 4 heteroatoms. The van der Waals surface area contributed by atoms with E-state index >= 15 is 0 Å². The highest BCUT2D eigenvalue weighted by Crippen LogP contribution is 1.92. The lowest BCUT2D eigenvalue weighted by molar-refractivity contribution is 0.623. The first-order chi connectivity index (χ1) is 6.35. The summed E-state index contributed by atoms with van der Waals surface area (Å²) in [6.07, 6.45) is 0. The Morgan fingerprint density at radius 2 is 1.86 bits per heavy atom. The molecule has 0 amide bonds. The van der Waals surface area contributed by atoms with Crippen LogP contribution in [0, 0.1) is 11.3 Å². The summed E-state index contributed by atoms with van der Waals surface area (Å²) in [5.74, 6) is 0. The van der Waals surface area contributed by atoms with Crippen LogP contribution in [-0.4, -0.2) is 13.6 Å². The fourth-order valence-electron chi connectivity index (χ4n) is 0.689. The summed E-state index contributed by atoms with van der Waals surface area (Å²) < 4.78 is 0. The zero-order valence-corrected chi connectivity index (χ0v) is 9.27. The summed E-state index contributed by atoms with van der Waals surface area (Å²) in [4.78, 5) is 0. The molecule has 0 aliphatic carbocycles. The van der Waals surface area contributed by atoms with Crippen molar-refractivity contribution in [2.75, 3.05) is 13.6 Å². The largest absolute Gasteiger partial charge is 0.261 e. The van der Waals surface area contributed by atoms with Crippen LogP contribution in [0.5, 0.6) is 0 Å². The summed E-state index contributed by atoms with van der Waals surface area (Å²) in [5, 5.41) is 8.29. The Balaban J connectivity index is 0. The van der Waals surface area contributed by atoms with Gasteiger partial charge in [0.25, 0.3) is 0 Å². The molecule has 0 heterocycles. The van der Waals surface area contributed by atoms with Crippen molar-refractivity contribution < 1.29 is 0 Å². The van der Waals surface area contributed by atoms with Crippen LogP contribution >= 0.6 is 12.4 Å². The topological polar surface area (TPSA) is 47.8 Å². The molecule has 0 saturated heterocycles. The lowest BCUT2D eigenvalue weighted by Crippen LogP contribution is -2.26. The van der Waals surface area contributed by atoms with E-state index in [0.29, 0.717) is 5.56 Å². The maximum atomic E-state index is 8.29. The van der Waals surface area contributed by atoms with Crippen LogP contribution in [0.25, 0.3) is 0 Å². The van der Waals surface area contributed by atoms with Gasteiger partial charge in [0.1, 0.15) is 0 Å². The van der Waals surface area contributed by atoms with Crippen molar-refractivity contribution in [3.05, 3.63) is 35.9 Å². The van der Waals surface area contributed by atoms with Crippen LogP contribution in [0.15, 0.2) is 30.3 Å². The van der Waals surface area contributed by atoms with E-state index in [1.165, 1.54) is 0 Å². The normalized spacial score (nSPS) is 7.50. The van der Waals surface area contributed by atoms with Crippen LogP contribution in [0.1, 0.15) is 12.5 Å². The highest BCUT2D eigenvalue weighted by atomic mass is 35.5. The number of benzene rings is 1. The summed E-state index contributed by atoms with van der Waals surface area (Å²) in [7, 11) is 1.85. The molecule has 0 aromatic heterocycles. The van der Waals surface area contributed by atoms with Crippen molar-refractivity contribution in [1.82, 2.24) is 10.9 Å². The monoisotopic (exact) mass is 213 g/mol. The maximum Gasteiger partial charge on any atom is 0.0991 e. The minimum atomic E-state index is 0. The zero-order valence-electron chi connectivity index (χ0n) is 8.45. The number of nitrogens with one attached hydrogen (secondary N) is 2. The van der Waals surface area contributed by atoms with Gasteiger partial charge in [0.05, 0.1) is 11.6 Å². The predicted octanol–water partition coefficient (Wildman–Crippen LogP) is 1.71. The predicted molar refractivity (Wildman–Crippen MR) is 61.1 cm³/mol. The van der Waals surface area contributed by atoms with Crippen LogP contribution in [0.4, 0.5) is 0 Å². The van der Waals surface area contributed by atoms with Crippen LogP contribution < -0.4 is 10.9 Å². The molecule has 0 spiro atoms. The Labute approximate surface area is 91.5 Å². The highest BCUT2D eigenvalue weighted by molar-refractivity contribution is 5.85. The number of halogens is 1. The molecule has 0 atom stereocenters. The number of nitriles is 1. The van der Waals surface area contributed by atoms with Gasteiger partial charge in [0.2, 0.25) is 0 Å². The second-order valence-electron chi connectivity index (χ2n) is 2.26. The maximum absolute atomic E-state index is 8.29. The fourth-order valence-corrected chi connectivity index (χ4v) is 0.689. The van der Waals surface area contributed by atoms with Crippen LogP contribution in [0.3, 0.4) is 0 Å². The van der Waals surface area contributed by atoms with Gasteiger partial charge < -0.3 is 0 Å². The van der Waals surface area contributed by atoms with Crippen molar-refractivity contribution >= 4 is 12.4 Å². The van der Waals surface area contributed by atoms with Gasteiger partial charge in [-0.2, -0.15) is 5.26 Å². The zero-order chi connectivity index (χ0) is 9.94. The van der Waals surface area contributed by atoms with Crippen molar-refractivity contribution in [2.24, 2.45) is 0 Å². The van der Waals surface area contributed by atoms with E-state index in [-0.39, 0.29) is 12.4 Å². The molecule has 0 fully saturated rings. The first-order valence-electron chi connectivity index (χ1n) is 4.19. The van der Waals surface area contributed by atoms with Gasteiger partial charge >= 0.3 is 0 Å². The first kappa shape index (κ1) is 15.4. The van der Waals surface area contributed by atoms with Crippen molar-refractivity contribution in [1.29, 1.82) is 5.26 Å². The fraction of sp³-hybridized carbons (Fsp3) is 0.300. The Morgan fingerprint density at radius 3 is 2.07 bits per heavy atom. The molecule has 0 bridgehead atoms. The van der Waals surface area contributed by atoms with E-state index in [1.54, 1.807) is 12.1 Å². The second-order valence-corrected chi connectivity index (χ2v) is 2.26. The molecule has 0 saturated carbocycles. The minimum absolute atomic E-state index is 0. The van der Waals surface area contributed by atoms with E-state index < -0.39 is 0 Å². The molecule has 0 unspecified atom stereocenters. The molecule has 1 rings (SSSR count). The smallest absolute Gasteiger partial charge is 0.0991 e. The van der Waals surface area contributed by atoms with Crippen molar-refractivity contribution in [3.63, 3.8) is 0 Å². The standard InChI is InChI=1S/C7H5N.C3H10N2.ClH/c8-6-7-4-2-1-3-5-7;1-3-5-4-2;/h1-5H;4-5H,3H2,1-2H3;1H. The highest BCUT2D eigenvalue weighted by Gasteiger charge is 1.79. The van der Waals surface area contributed by atoms with Crippen LogP contribution in [0.2, 0.25) is 0 Å². The molecular formula is C10H16ClN3. The molecule has 0 aliphatic heterocycles. The van der Waals surface area contributed by atoms with Gasteiger partial charge in [-0.25, -0.2) is 0 Å². The summed E-state index contributed by atoms with van der Waals surface area (Å²) in [6.45, 7) is 3.02. The Bertz CT molecular complexity index is 241. The number of rotatable bonds is 2. The molecule has 78 valence electrons. The lowest BCUT2D eigenvalue weighted by Gasteiger charge is -1.90. The molecule has 14 heavy (non-hydrogen) atoms. The van der Waals surface area contributed by atoms with E-state index in [1.807, 2.05) is 38.2 Å². The van der Waals surface area contributed by atoms with Gasteiger partial charge in [0, 0.05) is 6.54 Å². The van der Waals surface area contributed by atoms with Gasteiger partial charge in [-0.1, -0.05) is 25.1 Å². The third kappa shape index (κ3) is 9.01. The molecule has 1 aromatic carbocycles. The van der Waals surface area contributed by atoms with E-state index in [9.17, 15) is 0 Å². The van der Waals surface area contributed by atoms with Gasteiger partial charge in [0.15, 0.2) is 0 Å². The quantitative estimate of drug-likeness (QED) is 0.736. The Kier molecular flexibility index (Phi) is 13.1. The van der Waals surface area contributed by atoms with Gasteiger partial charge in [-0.15, -0.1) is 12.4 Å². The molecule has 0 aliphatic rings. The van der Waals surface area contributed by atoms with Gasteiger partial charge in [-0.3, -0.25) is 10.9 Å². The van der Waals surface area contributed by atoms with Crippen molar-refractivity contribution in [2.45, 2.75) is 6.92 Å². The van der Waals surface area contributed by atoms with Crippen molar-refractivity contribution in [3.8, 4) is 6.07 Å². The minimum Gasteiger partial charge on any atom is -0.261 e. The number of hydrazine groups is 1. The first-order valence-corrected chi connectivity index (χ1v) is 4.19. The third-order valence-electron chi connectivity index (χ3n) is 1.26. The van der Waals surface area contributed by atoms with E-state index in [2.05, 4.69) is 10.9 Å². The molecule has 2 N–H and O–H groups in total. The van der Waals surface area contributed by atoms with E-state index in [4.69, 9.17) is 5.26 Å². The molecule has 1 aromatic rings. The number of nitrogens with zero attached hydrogens (tertiary/aromatic N) is 1. The lowest BCUT2D eigenvalue weighted by atomic mass is 10.2. The van der Waals surface area contributed by atoms with E-state index in [0.717, 1.165) is 6.54 Å². The third-order valence-corrected chi connectivity index (χ3v) is 1.26. The average Bonchev–Trinajstić information content (AvgIpc) is 2.21. The van der Waals surface area contributed by atoms with Crippen LogP contribution in [-0.2, 0) is 0 Å². The molecule has 0 radical (unpaired) electrons. The SMILES string of the molecule is CCNNC.Cl.N#Cc1ccccc1. The summed E-state index contributed by atoms with van der Waals surface area (Å²) in [6, 6.07) is 11.2. The summed E-state index contributed by atoms with van der Waals surface area (Å²) >= 11 is 0. The number of hydrogen-bond acceptors (Lipinski definition) is 3. The number of hydrogen-bond donors (Lipinski definition) is 2. The molecular weight excluding hydrogens is 198 g/mol. The average molecular weight is 214 g/mol. The second kappa shape index (κ2) is 11.9. The Hall–Kier alpha value is -1.08. The van der Waals surface area contributed by atoms with Gasteiger partial charge in [-0.05, 0) is 19.2 Å². The summed E-state index contributed by atoms with van der Waals surface area (Å²) in [5.41, 5.74) is 6.34.